The Morgan fingerprint density at radius 2 is 1.88 bits per heavy atom. The van der Waals surface area contributed by atoms with Gasteiger partial charge < -0.3 is 23.9 Å². The van der Waals surface area contributed by atoms with Crippen molar-refractivity contribution in [2.45, 2.75) is 64.0 Å². The maximum atomic E-state index is 13.1. The molecule has 0 radical (unpaired) electrons. The topological polar surface area (TPSA) is 89.6 Å². The number of nitrogens with one attached hydrogen (secondary N) is 1. The Morgan fingerprint density at radius 1 is 1.12 bits per heavy atom. The van der Waals surface area contributed by atoms with Gasteiger partial charge in [0, 0.05) is 36.9 Å². The van der Waals surface area contributed by atoms with E-state index in [9.17, 15) is 9.59 Å². The Morgan fingerprint density at radius 3 is 2.58 bits per heavy atom. The number of carbonyl (C=O) groups excluding carboxylic acids is 2. The van der Waals surface area contributed by atoms with E-state index in [1.54, 1.807) is 4.90 Å². The molecule has 2 fully saturated rings. The van der Waals surface area contributed by atoms with Crippen LogP contribution >= 0.6 is 0 Å². The summed E-state index contributed by atoms with van der Waals surface area (Å²) in [5.41, 5.74) is 2.29. The zero-order valence-electron chi connectivity index (χ0n) is 19.3. The molecule has 1 aliphatic heterocycles. The van der Waals surface area contributed by atoms with Crippen LogP contribution in [0.5, 0.6) is 0 Å². The van der Waals surface area contributed by atoms with Gasteiger partial charge in [0.05, 0.1) is 0 Å². The highest BCUT2D eigenvalue weighted by atomic mass is 16.6. The third kappa shape index (κ3) is 4.74. The Hall–Kier alpha value is -3.29. The highest BCUT2D eigenvalue weighted by Gasteiger charge is 2.30. The Kier molecular flexibility index (Phi) is 5.38. The molecule has 2 aliphatic rings. The van der Waals surface area contributed by atoms with Crippen LogP contribution in [-0.2, 0) is 4.74 Å². The van der Waals surface area contributed by atoms with Crippen molar-refractivity contribution in [2.24, 2.45) is 0 Å². The molecule has 3 heterocycles. The van der Waals surface area contributed by atoms with Crippen LogP contribution in [0.1, 0.15) is 74.8 Å². The minimum atomic E-state index is -0.506. The number of hydrogen-bond donors (Lipinski definition) is 1. The van der Waals surface area contributed by atoms with Gasteiger partial charge in [-0.05, 0) is 76.8 Å². The van der Waals surface area contributed by atoms with E-state index in [0.717, 1.165) is 42.7 Å². The summed E-state index contributed by atoms with van der Waals surface area (Å²) < 4.78 is 13.3. The van der Waals surface area contributed by atoms with Crippen LogP contribution in [0.4, 0.5) is 10.5 Å². The van der Waals surface area contributed by atoms with Crippen molar-refractivity contribution in [1.29, 1.82) is 0 Å². The number of amides is 2. The van der Waals surface area contributed by atoms with Gasteiger partial charge in [-0.2, -0.15) is 0 Å². The van der Waals surface area contributed by atoms with Gasteiger partial charge in [-0.1, -0.05) is 0 Å². The fraction of sp³-hybridized carbons (Fsp3) is 0.480. The number of oxazole rings is 1. The number of aromatic nitrogens is 2. The number of hydrogen-bond acceptors (Lipinski definition) is 5. The molecule has 2 amide bonds. The lowest BCUT2D eigenvalue weighted by Crippen LogP contribution is -2.42. The van der Waals surface area contributed by atoms with Crippen molar-refractivity contribution < 1.29 is 18.7 Å². The maximum absolute atomic E-state index is 13.1. The van der Waals surface area contributed by atoms with Gasteiger partial charge in [0.2, 0.25) is 0 Å². The lowest BCUT2D eigenvalue weighted by Gasteiger charge is -2.34. The largest absolute Gasteiger partial charge is 0.444 e. The summed E-state index contributed by atoms with van der Waals surface area (Å²) in [7, 11) is 0. The number of likely N-dealkylation sites (tertiary alicyclic amines) is 1. The first-order valence-electron chi connectivity index (χ1n) is 11.6. The summed E-state index contributed by atoms with van der Waals surface area (Å²) >= 11 is 0. The van der Waals surface area contributed by atoms with Crippen LogP contribution in [0.15, 0.2) is 40.9 Å². The number of carbonyl (C=O) groups is 2. The molecule has 0 unspecified atom stereocenters. The number of benzene rings is 1. The molecule has 1 aromatic carbocycles. The summed E-state index contributed by atoms with van der Waals surface area (Å²) in [5, 5.41) is 3.00. The van der Waals surface area contributed by atoms with Crippen molar-refractivity contribution in [3.05, 3.63) is 48.1 Å². The molecule has 3 aromatic rings. The Balaban J connectivity index is 1.24. The predicted molar refractivity (Wildman–Crippen MR) is 124 cm³/mol. The van der Waals surface area contributed by atoms with Crippen LogP contribution in [0.3, 0.4) is 0 Å². The number of anilines is 1. The van der Waals surface area contributed by atoms with Crippen LogP contribution in [0.25, 0.3) is 11.1 Å². The molecule has 174 valence electrons. The second-order valence-corrected chi connectivity index (χ2v) is 9.96. The summed E-state index contributed by atoms with van der Waals surface area (Å²) in [6, 6.07) is 9.42. The zero-order valence-corrected chi connectivity index (χ0v) is 19.3. The van der Waals surface area contributed by atoms with E-state index in [1.807, 2.05) is 61.9 Å². The molecule has 5 rings (SSSR count). The zero-order chi connectivity index (χ0) is 23.2. The highest BCUT2D eigenvalue weighted by molar-refractivity contribution is 6.04. The van der Waals surface area contributed by atoms with E-state index >= 15 is 0 Å². The normalized spacial score (nSPS) is 17.4. The highest BCUT2D eigenvalue weighted by Crippen LogP contribution is 2.40. The van der Waals surface area contributed by atoms with Crippen molar-refractivity contribution in [3.63, 3.8) is 0 Å². The van der Waals surface area contributed by atoms with Crippen LogP contribution < -0.4 is 5.32 Å². The van der Waals surface area contributed by atoms with Crippen molar-refractivity contribution >= 4 is 28.8 Å². The van der Waals surface area contributed by atoms with Gasteiger partial charge in [0.15, 0.2) is 11.5 Å². The van der Waals surface area contributed by atoms with E-state index in [1.165, 1.54) is 0 Å². The van der Waals surface area contributed by atoms with E-state index in [2.05, 4.69) is 10.3 Å². The summed E-state index contributed by atoms with van der Waals surface area (Å²) in [6.45, 7) is 6.81. The number of nitrogens with zero attached hydrogens (tertiary/aromatic N) is 3. The smallest absolute Gasteiger partial charge is 0.410 e. The monoisotopic (exact) mass is 450 g/mol. The molecule has 0 atom stereocenters. The quantitative estimate of drug-likeness (QED) is 0.580. The molecular formula is C25H30N4O4. The van der Waals surface area contributed by atoms with E-state index in [0.29, 0.717) is 30.4 Å². The molecule has 1 N–H and O–H groups in total. The third-order valence-electron chi connectivity index (χ3n) is 6.11. The summed E-state index contributed by atoms with van der Waals surface area (Å²) in [6.07, 6.45) is 5.45. The minimum Gasteiger partial charge on any atom is -0.444 e. The van der Waals surface area contributed by atoms with Gasteiger partial charge >= 0.3 is 6.09 Å². The molecule has 33 heavy (non-hydrogen) atoms. The Bertz CT molecular complexity index is 1180. The third-order valence-corrected chi connectivity index (χ3v) is 6.11. The molecule has 8 heteroatoms. The Labute approximate surface area is 192 Å². The fourth-order valence-electron chi connectivity index (χ4n) is 4.28. The second kappa shape index (κ2) is 8.24. The summed E-state index contributed by atoms with van der Waals surface area (Å²) in [4.78, 5) is 31.7. The van der Waals surface area contributed by atoms with Crippen LogP contribution in [-0.4, -0.2) is 45.1 Å². The number of piperidine rings is 1. The van der Waals surface area contributed by atoms with Gasteiger partial charge in [0.25, 0.3) is 5.91 Å². The molecule has 2 aromatic heterocycles. The van der Waals surface area contributed by atoms with Gasteiger partial charge in [-0.15, -0.1) is 0 Å². The minimum absolute atomic E-state index is 0.151. The average molecular weight is 451 g/mol. The van der Waals surface area contributed by atoms with Gasteiger partial charge in [-0.3, -0.25) is 4.79 Å². The van der Waals surface area contributed by atoms with Crippen LogP contribution in [0, 0.1) is 0 Å². The molecule has 1 saturated heterocycles. The molecule has 0 bridgehead atoms. The van der Waals surface area contributed by atoms with Crippen molar-refractivity contribution in [1.82, 2.24) is 14.5 Å². The van der Waals surface area contributed by atoms with Crippen molar-refractivity contribution in [2.75, 3.05) is 18.4 Å². The summed E-state index contributed by atoms with van der Waals surface area (Å²) in [5.74, 6) is 1.07. The molecular weight excluding hydrogens is 420 g/mol. The number of ether oxygens (including phenoxy) is 1. The van der Waals surface area contributed by atoms with E-state index in [-0.39, 0.29) is 18.0 Å². The molecule has 0 spiro atoms. The SMILES string of the molecule is CC(C)(C)OC(=O)N1CCC(n2cccc2C(=O)Nc2ccc3oc(C4CC4)nc3c2)CC1. The first-order valence-corrected chi connectivity index (χ1v) is 11.6. The first-order chi connectivity index (χ1) is 15.8. The second-order valence-electron chi connectivity index (χ2n) is 9.96. The van der Waals surface area contributed by atoms with Crippen molar-refractivity contribution in [3.8, 4) is 0 Å². The maximum Gasteiger partial charge on any atom is 0.410 e. The van der Waals surface area contributed by atoms with Gasteiger partial charge in [-0.25, -0.2) is 9.78 Å². The number of rotatable bonds is 4. The predicted octanol–water partition coefficient (Wildman–Crippen LogP) is 5.33. The molecule has 1 aliphatic carbocycles. The standard InChI is InChI=1S/C25H30N4O4/c1-25(2,3)33-24(31)28-13-10-18(11-14-28)29-12-4-5-20(29)22(30)26-17-8-9-21-19(15-17)27-23(32-21)16-6-7-16/h4-5,8-9,12,15-16,18H,6-7,10-11,13-14H2,1-3H3,(H,26,30). The van der Waals surface area contributed by atoms with E-state index in [4.69, 9.17) is 9.15 Å². The lowest BCUT2D eigenvalue weighted by molar-refractivity contribution is 0.0187. The van der Waals surface area contributed by atoms with Crippen LogP contribution in [0.2, 0.25) is 0 Å². The average Bonchev–Trinajstić information content (AvgIpc) is 3.34. The van der Waals surface area contributed by atoms with Gasteiger partial charge in [0.1, 0.15) is 16.8 Å². The lowest BCUT2D eigenvalue weighted by atomic mass is 10.0. The number of fused-ring (bicyclic) bond motifs is 1. The molecule has 1 saturated carbocycles. The fourth-order valence-corrected chi connectivity index (χ4v) is 4.28. The first kappa shape index (κ1) is 21.6. The van der Waals surface area contributed by atoms with E-state index < -0.39 is 5.60 Å². The molecule has 8 nitrogen and oxygen atoms in total.